The van der Waals surface area contributed by atoms with Gasteiger partial charge >= 0.3 is 12.2 Å². The highest BCUT2D eigenvalue weighted by molar-refractivity contribution is 6.02. The van der Waals surface area contributed by atoms with Crippen LogP contribution in [0.15, 0.2) is 12.7 Å². The number of imide groups is 2. The summed E-state index contributed by atoms with van der Waals surface area (Å²) in [6, 6.07) is -1.37. The van der Waals surface area contributed by atoms with Gasteiger partial charge in [0.25, 0.3) is 0 Å². The van der Waals surface area contributed by atoms with Crippen LogP contribution in [0.2, 0.25) is 0 Å². The summed E-state index contributed by atoms with van der Waals surface area (Å²) >= 11 is 0. The van der Waals surface area contributed by atoms with Gasteiger partial charge in [0, 0.05) is 25.6 Å². The fourth-order valence-corrected chi connectivity index (χ4v) is 4.22. The van der Waals surface area contributed by atoms with E-state index in [-0.39, 0.29) is 35.7 Å². The molecule has 0 saturated carbocycles. The predicted molar refractivity (Wildman–Crippen MR) is 147 cm³/mol. The molecule has 3 aliphatic heterocycles. The van der Waals surface area contributed by atoms with E-state index in [9.17, 15) is 28.8 Å². The number of hydrogen-bond donors (Lipinski definition) is 0. The van der Waals surface area contributed by atoms with Crippen molar-refractivity contribution in [1.29, 1.82) is 0 Å². The molecule has 3 unspecified atom stereocenters. The molecule has 0 spiro atoms. The molecule has 0 bridgehead atoms. The summed E-state index contributed by atoms with van der Waals surface area (Å²) in [4.78, 5) is 72.2. The molecule has 11 nitrogen and oxygen atoms in total. The summed E-state index contributed by atoms with van der Waals surface area (Å²) in [5.41, 5.74) is -1.36. The molecular weight excluding hydrogens is 520 g/mol. The van der Waals surface area contributed by atoms with Gasteiger partial charge in [-0.25, -0.2) is 19.4 Å². The maximum Gasteiger partial charge on any atom is 0.417 e. The number of ketones is 2. The topological polar surface area (TPSA) is 137 Å². The van der Waals surface area contributed by atoms with Crippen LogP contribution in [0.4, 0.5) is 9.59 Å². The van der Waals surface area contributed by atoms with Crippen molar-refractivity contribution >= 4 is 35.6 Å². The van der Waals surface area contributed by atoms with E-state index in [2.05, 4.69) is 6.58 Å². The Balaban J connectivity index is 0.000000343. The van der Waals surface area contributed by atoms with E-state index in [0.717, 1.165) is 23.0 Å². The third-order valence-electron chi connectivity index (χ3n) is 6.02. The van der Waals surface area contributed by atoms with Gasteiger partial charge in [-0.05, 0) is 87.5 Å². The summed E-state index contributed by atoms with van der Waals surface area (Å²) in [5.74, 6) is -1.44. The number of amides is 4. The molecule has 226 valence electrons. The van der Waals surface area contributed by atoms with Crippen LogP contribution < -0.4 is 0 Å². The van der Waals surface area contributed by atoms with Crippen molar-refractivity contribution in [3.05, 3.63) is 12.7 Å². The van der Waals surface area contributed by atoms with Crippen molar-refractivity contribution in [2.45, 2.75) is 117 Å². The zero-order valence-corrected chi connectivity index (χ0v) is 25.2. The van der Waals surface area contributed by atoms with Gasteiger partial charge in [0.15, 0.2) is 11.6 Å². The fraction of sp³-hybridized carbons (Fsp3) is 0.724. The van der Waals surface area contributed by atoms with Crippen LogP contribution in [0, 0.1) is 5.92 Å². The molecule has 3 heterocycles. The Kier molecular flexibility index (Phi) is 13.2. The smallest absolute Gasteiger partial charge is 0.417 e. The van der Waals surface area contributed by atoms with Gasteiger partial charge in [-0.2, -0.15) is 0 Å². The maximum atomic E-state index is 12.2. The molecule has 0 N–H and O–H groups in total. The van der Waals surface area contributed by atoms with E-state index in [1.165, 1.54) is 26.7 Å². The van der Waals surface area contributed by atoms with Crippen molar-refractivity contribution in [2.24, 2.45) is 5.92 Å². The first-order valence-corrected chi connectivity index (χ1v) is 13.7. The van der Waals surface area contributed by atoms with Crippen LogP contribution in [-0.2, 0) is 33.4 Å². The molecule has 0 aliphatic carbocycles. The molecule has 3 saturated heterocycles. The number of carbonyl (C=O) groups excluding carboxylic acids is 6. The Morgan fingerprint density at radius 1 is 0.875 bits per heavy atom. The molecule has 0 aromatic rings. The SMILES string of the molecule is C1CCOC1.C=CCC1CC(C(C)=O)N(C(=O)OC(C)(C)C)C1=O.CC(=O)C1CCC(=O)N1C(=O)OC(C)(C)C. The van der Waals surface area contributed by atoms with Crippen molar-refractivity contribution < 1.29 is 43.0 Å². The summed E-state index contributed by atoms with van der Waals surface area (Å²) in [5, 5.41) is 0. The lowest BCUT2D eigenvalue weighted by Crippen LogP contribution is -2.45. The second-order valence-corrected chi connectivity index (χ2v) is 12.0. The van der Waals surface area contributed by atoms with Crippen molar-refractivity contribution in [2.75, 3.05) is 13.2 Å². The molecule has 3 fully saturated rings. The number of hydrogen-bond acceptors (Lipinski definition) is 9. The Morgan fingerprint density at radius 2 is 1.35 bits per heavy atom. The first-order chi connectivity index (χ1) is 18.4. The molecule has 11 heteroatoms. The van der Waals surface area contributed by atoms with Crippen LogP contribution in [0.1, 0.15) is 93.9 Å². The molecule has 4 amide bonds. The third kappa shape index (κ3) is 11.2. The van der Waals surface area contributed by atoms with E-state index in [0.29, 0.717) is 19.3 Å². The number of ether oxygens (including phenoxy) is 3. The van der Waals surface area contributed by atoms with E-state index < -0.39 is 35.5 Å². The van der Waals surface area contributed by atoms with Gasteiger partial charge in [0.1, 0.15) is 23.3 Å². The van der Waals surface area contributed by atoms with E-state index in [4.69, 9.17) is 14.2 Å². The van der Waals surface area contributed by atoms with Crippen molar-refractivity contribution in [1.82, 2.24) is 9.80 Å². The summed E-state index contributed by atoms with van der Waals surface area (Å²) in [6.45, 7) is 18.6. The van der Waals surface area contributed by atoms with Crippen LogP contribution >= 0.6 is 0 Å². The standard InChI is InChI=1S/C14H21NO4.C11H17NO4.C4H8O/c1-6-7-10-8-11(9(2)16)15(12(10)17)13(18)19-14(3,4)5;1-7(13)8-5-6-9(14)12(8)10(15)16-11(2,3)4;1-2-4-5-3-1/h6,10-11H,1,7-8H2,2-5H3;8H,5-6H2,1-4H3;1-4H2. The van der Waals surface area contributed by atoms with Gasteiger partial charge in [-0.15, -0.1) is 6.58 Å². The highest BCUT2D eigenvalue weighted by atomic mass is 16.6. The molecule has 3 aliphatic rings. The molecule has 0 aromatic carbocycles. The van der Waals surface area contributed by atoms with Crippen molar-refractivity contribution in [3.8, 4) is 0 Å². The number of carbonyl (C=O) groups is 6. The van der Waals surface area contributed by atoms with E-state index in [1.54, 1.807) is 47.6 Å². The first kappa shape index (κ1) is 34.9. The van der Waals surface area contributed by atoms with Gasteiger partial charge in [-0.1, -0.05) is 6.08 Å². The maximum absolute atomic E-state index is 12.2. The van der Waals surface area contributed by atoms with Crippen molar-refractivity contribution in [3.63, 3.8) is 0 Å². The minimum Gasteiger partial charge on any atom is -0.443 e. The number of likely N-dealkylation sites (tertiary alicyclic amines) is 2. The lowest BCUT2D eigenvalue weighted by molar-refractivity contribution is -0.134. The normalized spacial score (nSPS) is 22.6. The summed E-state index contributed by atoms with van der Waals surface area (Å²) < 4.78 is 15.2. The van der Waals surface area contributed by atoms with Gasteiger partial charge in [0.05, 0.1) is 0 Å². The fourth-order valence-electron chi connectivity index (χ4n) is 4.22. The van der Waals surface area contributed by atoms with Crippen LogP contribution in [0.25, 0.3) is 0 Å². The van der Waals surface area contributed by atoms with Gasteiger partial charge in [-0.3, -0.25) is 19.2 Å². The Labute approximate surface area is 237 Å². The molecule has 40 heavy (non-hydrogen) atoms. The molecular formula is C29H46N2O9. The van der Waals surface area contributed by atoms with E-state index >= 15 is 0 Å². The first-order valence-electron chi connectivity index (χ1n) is 13.7. The molecule has 0 radical (unpaired) electrons. The van der Waals surface area contributed by atoms with Crippen LogP contribution in [0.3, 0.4) is 0 Å². The average Bonchev–Trinajstić information content (AvgIpc) is 3.54. The number of allylic oxidation sites excluding steroid dienone is 1. The minimum absolute atomic E-state index is 0.184. The lowest BCUT2D eigenvalue weighted by atomic mass is 10.00. The van der Waals surface area contributed by atoms with Gasteiger partial charge < -0.3 is 14.2 Å². The Bertz CT molecular complexity index is 950. The monoisotopic (exact) mass is 566 g/mol. The Hall–Kier alpha value is -3.08. The third-order valence-corrected chi connectivity index (χ3v) is 6.02. The van der Waals surface area contributed by atoms with Crippen LogP contribution in [-0.4, -0.2) is 81.9 Å². The minimum atomic E-state index is -0.746. The van der Waals surface area contributed by atoms with Crippen LogP contribution in [0.5, 0.6) is 0 Å². The predicted octanol–water partition coefficient (Wildman–Crippen LogP) is 4.60. The molecule has 3 rings (SSSR count). The second-order valence-electron chi connectivity index (χ2n) is 12.0. The molecule has 0 aromatic heterocycles. The average molecular weight is 567 g/mol. The summed E-state index contributed by atoms with van der Waals surface area (Å²) in [6.07, 6.45) is 4.14. The molecule has 3 atom stereocenters. The lowest BCUT2D eigenvalue weighted by Gasteiger charge is -2.26. The number of rotatable bonds is 4. The Morgan fingerprint density at radius 3 is 1.73 bits per heavy atom. The quantitative estimate of drug-likeness (QED) is 0.447. The summed E-state index contributed by atoms with van der Waals surface area (Å²) in [7, 11) is 0. The number of nitrogens with zero attached hydrogens (tertiary/aromatic N) is 2. The highest BCUT2D eigenvalue weighted by Gasteiger charge is 2.46. The zero-order chi connectivity index (χ0) is 30.8. The second kappa shape index (κ2) is 15.1. The largest absolute Gasteiger partial charge is 0.443 e. The number of Topliss-reactive ketones (excluding diaryl/α,β-unsaturated/α-hetero) is 2. The zero-order valence-electron chi connectivity index (χ0n) is 25.2. The highest BCUT2D eigenvalue weighted by Crippen LogP contribution is 2.30. The van der Waals surface area contributed by atoms with Gasteiger partial charge in [0.2, 0.25) is 11.8 Å². The van der Waals surface area contributed by atoms with E-state index in [1.807, 2.05) is 0 Å².